The average Bonchev–Trinajstić information content (AvgIpc) is 3.27. The summed E-state index contributed by atoms with van der Waals surface area (Å²) in [5, 5.41) is 14.7. The number of nitrogens with zero attached hydrogens (tertiary/aromatic N) is 5. The molecular formula is C21H24N6O4S2. The highest BCUT2D eigenvalue weighted by Gasteiger charge is 2.26. The van der Waals surface area contributed by atoms with Crippen LogP contribution in [0.4, 0.5) is 5.69 Å². The Morgan fingerprint density at radius 1 is 1.12 bits per heavy atom. The van der Waals surface area contributed by atoms with Crippen molar-refractivity contribution in [3.05, 3.63) is 60.2 Å². The van der Waals surface area contributed by atoms with Crippen LogP contribution in [0.1, 0.15) is 12.5 Å². The molecule has 174 valence electrons. The van der Waals surface area contributed by atoms with Crippen molar-refractivity contribution in [1.29, 1.82) is 0 Å². The zero-order valence-electron chi connectivity index (χ0n) is 18.0. The number of carbonyl (C=O) groups is 1. The molecule has 0 aliphatic carbocycles. The summed E-state index contributed by atoms with van der Waals surface area (Å²) >= 11 is 1.25. The van der Waals surface area contributed by atoms with E-state index in [-0.39, 0.29) is 10.8 Å². The van der Waals surface area contributed by atoms with Crippen molar-refractivity contribution in [2.45, 2.75) is 28.8 Å². The van der Waals surface area contributed by atoms with Crippen LogP contribution in [0.3, 0.4) is 0 Å². The second-order valence-corrected chi connectivity index (χ2v) is 10.6. The Bertz CT molecular complexity index is 1180. The molecule has 1 saturated heterocycles. The van der Waals surface area contributed by atoms with Gasteiger partial charge < -0.3 is 10.1 Å². The molecule has 4 rings (SSSR count). The van der Waals surface area contributed by atoms with Crippen molar-refractivity contribution >= 4 is 33.4 Å². The molecule has 2 aromatic carbocycles. The Balaban J connectivity index is 1.36. The molecule has 0 saturated carbocycles. The second kappa shape index (κ2) is 10.4. The minimum absolute atomic E-state index is 0.185. The van der Waals surface area contributed by atoms with Gasteiger partial charge in [-0.3, -0.25) is 4.79 Å². The van der Waals surface area contributed by atoms with Gasteiger partial charge in [0.25, 0.3) is 0 Å². The number of anilines is 1. The topological polar surface area (TPSA) is 119 Å². The lowest BCUT2D eigenvalue weighted by Gasteiger charge is -2.26. The van der Waals surface area contributed by atoms with Gasteiger partial charge in [0.15, 0.2) is 0 Å². The minimum Gasteiger partial charge on any atom is -0.379 e. The number of morpholine rings is 1. The van der Waals surface area contributed by atoms with Crippen LogP contribution in [-0.2, 0) is 26.1 Å². The summed E-state index contributed by atoms with van der Waals surface area (Å²) in [6, 6.07) is 16.0. The first-order valence-corrected chi connectivity index (χ1v) is 12.7. The highest BCUT2D eigenvalue weighted by Crippen LogP contribution is 2.23. The van der Waals surface area contributed by atoms with Crippen molar-refractivity contribution in [2.75, 3.05) is 31.6 Å². The van der Waals surface area contributed by atoms with Crippen LogP contribution in [-0.4, -0.2) is 70.4 Å². The lowest BCUT2D eigenvalue weighted by Crippen LogP contribution is -2.40. The Labute approximate surface area is 196 Å². The van der Waals surface area contributed by atoms with E-state index in [1.54, 1.807) is 23.7 Å². The molecule has 0 bridgehead atoms. The van der Waals surface area contributed by atoms with Crippen LogP contribution in [0.25, 0.3) is 0 Å². The molecule has 10 nitrogen and oxygen atoms in total. The molecule has 1 fully saturated rings. The number of hydrogen-bond donors (Lipinski definition) is 1. The molecule has 33 heavy (non-hydrogen) atoms. The molecule has 1 N–H and O–H groups in total. The molecule has 3 aromatic rings. The summed E-state index contributed by atoms with van der Waals surface area (Å²) < 4.78 is 33.7. The van der Waals surface area contributed by atoms with Gasteiger partial charge in [0.1, 0.15) is 0 Å². The van der Waals surface area contributed by atoms with Crippen LogP contribution in [0.15, 0.2) is 64.6 Å². The van der Waals surface area contributed by atoms with Crippen molar-refractivity contribution in [3.8, 4) is 0 Å². The maximum absolute atomic E-state index is 12.7. The largest absolute Gasteiger partial charge is 0.379 e. The first kappa shape index (κ1) is 23.4. The molecule has 2 heterocycles. The molecule has 1 amide bonds. The van der Waals surface area contributed by atoms with Crippen LogP contribution in [0, 0.1) is 0 Å². The van der Waals surface area contributed by atoms with E-state index >= 15 is 0 Å². The summed E-state index contributed by atoms with van der Waals surface area (Å²) in [7, 11) is -3.58. The summed E-state index contributed by atoms with van der Waals surface area (Å²) in [4.78, 5) is 12.9. The number of thioether (sulfide) groups is 1. The lowest BCUT2D eigenvalue weighted by atomic mass is 10.2. The maximum Gasteiger partial charge on any atom is 0.243 e. The number of amides is 1. The molecular weight excluding hydrogens is 464 g/mol. The van der Waals surface area contributed by atoms with Gasteiger partial charge in [-0.1, -0.05) is 42.1 Å². The van der Waals surface area contributed by atoms with Gasteiger partial charge in [-0.15, -0.1) is 5.10 Å². The van der Waals surface area contributed by atoms with Crippen molar-refractivity contribution < 1.29 is 17.9 Å². The fourth-order valence-electron chi connectivity index (χ4n) is 3.24. The molecule has 0 unspecified atom stereocenters. The number of rotatable bonds is 8. The van der Waals surface area contributed by atoms with E-state index in [2.05, 4.69) is 20.8 Å². The van der Waals surface area contributed by atoms with Crippen molar-refractivity contribution in [3.63, 3.8) is 0 Å². The van der Waals surface area contributed by atoms with E-state index < -0.39 is 15.3 Å². The smallest absolute Gasteiger partial charge is 0.243 e. The number of tetrazole rings is 1. The van der Waals surface area contributed by atoms with E-state index in [1.807, 2.05) is 30.3 Å². The second-order valence-electron chi connectivity index (χ2n) is 7.39. The third-order valence-electron chi connectivity index (χ3n) is 5.06. The van der Waals surface area contributed by atoms with Gasteiger partial charge in [0, 0.05) is 18.8 Å². The Kier molecular flexibility index (Phi) is 7.38. The van der Waals surface area contributed by atoms with Gasteiger partial charge in [0.2, 0.25) is 21.1 Å². The van der Waals surface area contributed by atoms with E-state index in [9.17, 15) is 13.2 Å². The van der Waals surface area contributed by atoms with E-state index in [0.29, 0.717) is 43.7 Å². The Hall–Kier alpha value is -2.80. The summed E-state index contributed by atoms with van der Waals surface area (Å²) in [6.45, 7) is 3.70. The van der Waals surface area contributed by atoms with Gasteiger partial charge in [0.05, 0.1) is 29.9 Å². The predicted molar refractivity (Wildman–Crippen MR) is 123 cm³/mol. The maximum atomic E-state index is 12.7. The molecule has 1 aromatic heterocycles. The Morgan fingerprint density at radius 2 is 1.82 bits per heavy atom. The SMILES string of the molecule is C[C@@H](Sc1nnnn1Cc1ccccc1)C(=O)Nc1ccc(S(=O)(=O)N2CCOCC2)cc1. The fraction of sp³-hybridized carbons (Fsp3) is 0.333. The zero-order valence-corrected chi connectivity index (χ0v) is 19.6. The van der Waals surface area contributed by atoms with Gasteiger partial charge in [-0.05, 0) is 47.2 Å². The summed E-state index contributed by atoms with van der Waals surface area (Å²) in [6.07, 6.45) is 0. The fourth-order valence-corrected chi connectivity index (χ4v) is 5.43. The quantitative estimate of drug-likeness (QED) is 0.477. The third-order valence-corrected chi connectivity index (χ3v) is 8.04. The molecule has 12 heteroatoms. The number of carbonyl (C=O) groups excluding carboxylic acids is 1. The van der Waals surface area contributed by atoms with Crippen molar-refractivity contribution in [2.24, 2.45) is 0 Å². The Morgan fingerprint density at radius 3 is 2.52 bits per heavy atom. The number of aromatic nitrogens is 4. The summed E-state index contributed by atoms with van der Waals surface area (Å²) in [5.74, 6) is -0.238. The summed E-state index contributed by atoms with van der Waals surface area (Å²) in [5.41, 5.74) is 1.56. The van der Waals surface area contributed by atoms with Gasteiger partial charge >= 0.3 is 0 Å². The highest BCUT2D eigenvalue weighted by atomic mass is 32.2. The predicted octanol–water partition coefficient (Wildman–Crippen LogP) is 1.86. The van der Waals surface area contributed by atoms with E-state index in [1.165, 1.54) is 28.2 Å². The van der Waals surface area contributed by atoms with Crippen LogP contribution < -0.4 is 5.32 Å². The average molecular weight is 489 g/mol. The monoisotopic (exact) mass is 488 g/mol. The number of sulfonamides is 1. The van der Waals surface area contributed by atoms with Gasteiger partial charge in [-0.2, -0.15) is 4.31 Å². The van der Waals surface area contributed by atoms with E-state index in [4.69, 9.17) is 4.74 Å². The van der Waals surface area contributed by atoms with E-state index in [0.717, 1.165) is 5.56 Å². The number of nitrogens with one attached hydrogen (secondary N) is 1. The molecule has 1 aliphatic rings. The molecule has 1 atom stereocenters. The lowest BCUT2D eigenvalue weighted by molar-refractivity contribution is -0.115. The number of hydrogen-bond acceptors (Lipinski definition) is 8. The van der Waals surface area contributed by atoms with Crippen molar-refractivity contribution in [1.82, 2.24) is 24.5 Å². The van der Waals surface area contributed by atoms with Gasteiger partial charge in [-0.25, -0.2) is 13.1 Å². The van der Waals surface area contributed by atoms with Crippen LogP contribution in [0.2, 0.25) is 0 Å². The molecule has 1 aliphatic heterocycles. The number of ether oxygens (including phenoxy) is 1. The molecule has 0 radical (unpaired) electrons. The van der Waals surface area contributed by atoms with Crippen LogP contribution >= 0.6 is 11.8 Å². The first-order chi connectivity index (χ1) is 15.9. The normalized spacial score (nSPS) is 15.8. The standard InChI is InChI=1S/C21H24N6O4S2/c1-16(32-21-23-24-25-27(21)15-17-5-3-2-4-6-17)20(28)22-18-7-9-19(10-8-18)33(29,30)26-11-13-31-14-12-26/h2-10,16H,11-15H2,1H3,(H,22,28)/t16-/m1/s1. The third kappa shape index (κ3) is 5.77. The molecule has 0 spiro atoms. The van der Waals surface area contributed by atoms with Crippen LogP contribution in [0.5, 0.6) is 0 Å². The number of benzene rings is 2. The minimum atomic E-state index is -3.58. The zero-order chi connectivity index (χ0) is 23.3. The highest BCUT2D eigenvalue weighted by molar-refractivity contribution is 8.00. The first-order valence-electron chi connectivity index (χ1n) is 10.4.